The van der Waals surface area contributed by atoms with Crippen molar-refractivity contribution in [3.8, 4) is 0 Å². The number of rotatable bonds is 3. The van der Waals surface area contributed by atoms with Gasteiger partial charge in [-0.05, 0) is 31.1 Å². The third kappa shape index (κ3) is 2.04. The number of ether oxygens (including phenoxy) is 1. The topological polar surface area (TPSA) is 81.6 Å². The van der Waals surface area contributed by atoms with E-state index in [1.165, 1.54) is 7.11 Å². The van der Waals surface area contributed by atoms with E-state index < -0.39 is 5.97 Å². The maximum absolute atomic E-state index is 11.8. The number of anilines is 1. The van der Waals surface area contributed by atoms with Crippen LogP contribution in [0, 0.1) is 5.92 Å². The van der Waals surface area contributed by atoms with Gasteiger partial charge in [0.1, 0.15) is 5.82 Å². The number of nitrogens with two attached hydrogens (primary N) is 1. The molecule has 1 saturated heterocycles. The monoisotopic (exact) mass is 260 g/mol. The first-order valence-corrected chi connectivity index (χ1v) is 6.24. The van der Waals surface area contributed by atoms with Gasteiger partial charge in [0.2, 0.25) is 0 Å². The number of esters is 1. The molecular formula is C13H16N4O2. The number of methoxy groups -OCH3 is 1. The molecule has 100 valence electrons. The molecule has 1 aliphatic heterocycles. The standard InChI is InChI=1S/C13H16N4O2/c1-19-13(18)12-10-3-2-9(14)7-17(10)11(16-12)4-8-5-15-6-8/h2-3,7-8,15H,4-6,14H2,1H3. The molecule has 0 atom stereocenters. The van der Waals surface area contributed by atoms with E-state index in [1.54, 1.807) is 18.3 Å². The lowest BCUT2D eigenvalue weighted by Crippen LogP contribution is -2.43. The number of imidazole rings is 1. The number of hydrogen-bond acceptors (Lipinski definition) is 5. The predicted molar refractivity (Wildman–Crippen MR) is 71.0 cm³/mol. The molecule has 0 bridgehead atoms. The summed E-state index contributed by atoms with van der Waals surface area (Å²) in [6, 6.07) is 3.56. The normalized spacial score (nSPS) is 15.4. The Hall–Kier alpha value is -2.08. The molecule has 3 N–H and O–H groups in total. The number of nitrogens with one attached hydrogen (secondary N) is 1. The van der Waals surface area contributed by atoms with Crippen molar-refractivity contribution < 1.29 is 9.53 Å². The molecule has 0 aromatic carbocycles. The Morgan fingerprint density at radius 3 is 3.00 bits per heavy atom. The zero-order chi connectivity index (χ0) is 13.4. The fourth-order valence-electron chi connectivity index (χ4n) is 2.31. The van der Waals surface area contributed by atoms with E-state index in [9.17, 15) is 4.79 Å². The van der Waals surface area contributed by atoms with E-state index in [0.29, 0.717) is 17.3 Å². The van der Waals surface area contributed by atoms with Crippen LogP contribution in [0.25, 0.3) is 5.52 Å². The maximum atomic E-state index is 11.8. The smallest absolute Gasteiger partial charge is 0.358 e. The molecule has 0 saturated carbocycles. The lowest BCUT2D eigenvalue weighted by molar-refractivity contribution is 0.0596. The highest BCUT2D eigenvalue weighted by Crippen LogP contribution is 2.20. The molecule has 2 aromatic heterocycles. The van der Waals surface area contributed by atoms with Gasteiger partial charge in [-0.3, -0.25) is 0 Å². The van der Waals surface area contributed by atoms with Crippen LogP contribution in [0.5, 0.6) is 0 Å². The first-order valence-electron chi connectivity index (χ1n) is 6.24. The summed E-state index contributed by atoms with van der Waals surface area (Å²) in [5.41, 5.74) is 7.55. The van der Waals surface area contributed by atoms with Crippen molar-refractivity contribution in [2.24, 2.45) is 5.92 Å². The Bertz CT molecular complexity index is 631. The summed E-state index contributed by atoms with van der Waals surface area (Å²) in [6.45, 7) is 1.98. The molecule has 6 heteroatoms. The van der Waals surface area contributed by atoms with Crippen molar-refractivity contribution in [2.75, 3.05) is 25.9 Å². The van der Waals surface area contributed by atoms with Crippen LogP contribution in [-0.4, -0.2) is 35.6 Å². The first-order chi connectivity index (χ1) is 9.19. The molecule has 1 fully saturated rings. The second-order valence-electron chi connectivity index (χ2n) is 4.81. The summed E-state index contributed by atoms with van der Waals surface area (Å²) >= 11 is 0. The predicted octanol–water partition coefficient (Wildman–Crippen LogP) is 0.465. The van der Waals surface area contributed by atoms with Crippen LogP contribution < -0.4 is 11.1 Å². The molecule has 3 rings (SSSR count). The molecule has 0 unspecified atom stereocenters. The Morgan fingerprint density at radius 1 is 1.58 bits per heavy atom. The van der Waals surface area contributed by atoms with Gasteiger partial charge in [-0.1, -0.05) is 0 Å². The van der Waals surface area contributed by atoms with Crippen molar-refractivity contribution in [3.63, 3.8) is 0 Å². The van der Waals surface area contributed by atoms with Gasteiger partial charge in [0.05, 0.1) is 12.6 Å². The lowest BCUT2D eigenvalue weighted by Gasteiger charge is -2.26. The van der Waals surface area contributed by atoms with E-state index in [0.717, 1.165) is 30.9 Å². The molecule has 0 amide bonds. The van der Waals surface area contributed by atoms with Crippen LogP contribution in [0.15, 0.2) is 18.3 Å². The van der Waals surface area contributed by atoms with Crippen LogP contribution in [0.4, 0.5) is 5.69 Å². The van der Waals surface area contributed by atoms with Crippen molar-refractivity contribution in [3.05, 3.63) is 29.8 Å². The summed E-state index contributed by atoms with van der Waals surface area (Å²) in [5.74, 6) is 1.01. The number of aromatic nitrogens is 2. The minimum atomic E-state index is -0.416. The van der Waals surface area contributed by atoms with Crippen LogP contribution in [0.3, 0.4) is 0 Å². The number of nitrogens with zero attached hydrogens (tertiary/aromatic N) is 2. The summed E-state index contributed by atoms with van der Waals surface area (Å²) in [4.78, 5) is 16.2. The summed E-state index contributed by atoms with van der Waals surface area (Å²) in [5, 5.41) is 3.23. The van der Waals surface area contributed by atoms with Crippen LogP contribution in [0.1, 0.15) is 16.3 Å². The molecule has 1 aliphatic rings. The SMILES string of the molecule is COC(=O)c1nc(CC2CNC2)n2cc(N)ccc12. The zero-order valence-electron chi connectivity index (χ0n) is 10.7. The number of nitrogen functional groups attached to an aromatic ring is 1. The van der Waals surface area contributed by atoms with E-state index >= 15 is 0 Å². The third-order valence-electron chi connectivity index (χ3n) is 3.45. The first kappa shape index (κ1) is 12.0. The van der Waals surface area contributed by atoms with Crippen LogP contribution >= 0.6 is 0 Å². The van der Waals surface area contributed by atoms with Crippen LogP contribution in [-0.2, 0) is 11.2 Å². The van der Waals surface area contributed by atoms with Gasteiger partial charge < -0.3 is 20.2 Å². The van der Waals surface area contributed by atoms with Crippen molar-refractivity contribution in [2.45, 2.75) is 6.42 Å². The fourth-order valence-corrected chi connectivity index (χ4v) is 2.31. The van der Waals surface area contributed by atoms with Gasteiger partial charge in [0, 0.05) is 18.3 Å². The quantitative estimate of drug-likeness (QED) is 0.784. The molecular weight excluding hydrogens is 244 g/mol. The highest BCUT2D eigenvalue weighted by Gasteiger charge is 2.23. The van der Waals surface area contributed by atoms with Crippen molar-refractivity contribution >= 4 is 17.2 Å². The molecule has 0 aliphatic carbocycles. The second kappa shape index (κ2) is 4.55. The van der Waals surface area contributed by atoms with Crippen molar-refractivity contribution in [1.82, 2.24) is 14.7 Å². The van der Waals surface area contributed by atoms with Gasteiger partial charge in [-0.25, -0.2) is 9.78 Å². The van der Waals surface area contributed by atoms with Gasteiger partial charge in [0.15, 0.2) is 5.69 Å². The minimum absolute atomic E-state index is 0.352. The lowest BCUT2D eigenvalue weighted by atomic mass is 9.99. The van der Waals surface area contributed by atoms with Gasteiger partial charge in [-0.2, -0.15) is 0 Å². The molecule has 3 heterocycles. The highest BCUT2D eigenvalue weighted by atomic mass is 16.5. The van der Waals surface area contributed by atoms with Gasteiger partial charge >= 0.3 is 5.97 Å². The van der Waals surface area contributed by atoms with E-state index in [4.69, 9.17) is 10.5 Å². The Morgan fingerprint density at radius 2 is 2.37 bits per heavy atom. The molecule has 0 radical (unpaired) electrons. The highest BCUT2D eigenvalue weighted by molar-refractivity contribution is 5.95. The van der Waals surface area contributed by atoms with E-state index in [2.05, 4.69) is 10.3 Å². The zero-order valence-corrected chi connectivity index (χ0v) is 10.7. The minimum Gasteiger partial charge on any atom is -0.464 e. The van der Waals surface area contributed by atoms with Gasteiger partial charge in [0.25, 0.3) is 0 Å². The molecule has 19 heavy (non-hydrogen) atoms. The van der Waals surface area contributed by atoms with Crippen molar-refractivity contribution in [1.29, 1.82) is 0 Å². The molecule has 6 nitrogen and oxygen atoms in total. The average molecular weight is 260 g/mol. The molecule has 0 spiro atoms. The number of carbonyl (C=O) groups excluding carboxylic acids is 1. The summed E-state index contributed by atoms with van der Waals surface area (Å²) < 4.78 is 6.66. The number of pyridine rings is 1. The largest absolute Gasteiger partial charge is 0.464 e. The summed E-state index contributed by atoms with van der Waals surface area (Å²) in [7, 11) is 1.36. The number of carbonyl (C=O) groups is 1. The maximum Gasteiger partial charge on any atom is 0.358 e. The third-order valence-corrected chi connectivity index (χ3v) is 3.45. The second-order valence-corrected chi connectivity index (χ2v) is 4.81. The fraction of sp³-hybridized carbons (Fsp3) is 0.385. The summed E-state index contributed by atoms with van der Waals surface area (Å²) in [6.07, 6.45) is 2.63. The Balaban J connectivity index is 2.08. The number of hydrogen-bond donors (Lipinski definition) is 2. The number of fused-ring (bicyclic) bond motifs is 1. The Kier molecular flexibility index (Phi) is 2.87. The molecule has 2 aromatic rings. The Labute approximate surface area is 110 Å². The van der Waals surface area contributed by atoms with E-state index in [1.807, 2.05) is 4.40 Å². The average Bonchev–Trinajstić information content (AvgIpc) is 2.71. The van der Waals surface area contributed by atoms with Gasteiger partial charge in [-0.15, -0.1) is 0 Å². The van der Waals surface area contributed by atoms with Crippen LogP contribution in [0.2, 0.25) is 0 Å². The van der Waals surface area contributed by atoms with E-state index in [-0.39, 0.29) is 0 Å².